The molecule has 0 saturated heterocycles. The first-order valence-corrected chi connectivity index (χ1v) is 5.90. The van der Waals surface area contributed by atoms with Crippen LogP contribution in [0.15, 0.2) is 12.1 Å². The highest BCUT2D eigenvalue weighted by atomic mass is 35.5. The number of halogens is 1. The molecule has 0 amide bonds. The van der Waals surface area contributed by atoms with Gasteiger partial charge < -0.3 is 16.2 Å². The molecule has 88 valence electrons. The van der Waals surface area contributed by atoms with E-state index >= 15 is 0 Å². The highest BCUT2D eigenvalue weighted by molar-refractivity contribution is 6.33. The van der Waals surface area contributed by atoms with E-state index in [2.05, 4.69) is 5.32 Å². The number of aliphatic hydroxyl groups is 1. The van der Waals surface area contributed by atoms with Gasteiger partial charge in [-0.25, -0.2) is 0 Å². The van der Waals surface area contributed by atoms with Gasteiger partial charge in [0.15, 0.2) is 0 Å². The lowest BCUT2D eigenvalue weighted by Gasteiger charge is -2.37. The van der Waals surface area contributed by atoms with E-state index in [0.717, 1.165) is 30.5 Å². The van der Waals surface area contributed by atoms with Crippen molar-refractivity contribution in [2.45, 2.75) is 31.8 Å². The fourth-order valence-electron chi connectivity index (χ4n) is 1.92. The number of hydrogen-bond acceptors (Lipinski definition) is 3. The second kappa shape index (κ2) is 4.15. The quantitative estimate of drug-likeness (QED) is 0.712. The summed E-state index contributed by atoms with van der Waals surface area (Å²) >= 11 is 5.96. The van der Waals surface area contributed by atoms with Gasteiger partial charge in [0, 0.05) is 12.2 Å². The van der Waals surface area contributed by atoms with Crippen LogP contribution in [0.4, 0.5) is 11.4 Å². The molecule has 1 aromatic carbocycles. The highest BCUT2D eigenvalue weighted by Gasteiger charge is 2.33. The fraction of sp³-hybridized carbons (Fsp3) is 0.500. The van der Waals surface area contributed by atoms with Crippen molar-refractivity contribution in [3.63, 3.8) is 0 Å². The molecule has 1 aliphatic carbocycles. The molecule has 1 fully saturated rings. The van der Waals surface area contributed by atoms with Crippen LogP contribution in [-0.4, -0.2) is 17.3 Å². The van der Waals surface area contributed by atoms with Crippen LogP contribution in [0, 0.1) is 6.92 Å². The Morgan fingerprint density at radius 2 is 2.19 bits per heavy atom. The molecule has 4 N–H and O–H groups in total. The van der Waals surface area contributed by atoms with Gasteiger partial charge in [-0.05, 0) is 43.9 Å². The topological polar surface area (TPSA) is 58.3 Å². The molecule has 16 heavy (non-hydrogen) atoms. The lowest BCUT2D eigenvalue weighted by molar-refractivity contribution is -0.0202. The van der Waals surface area contributed by atoms with Gasteiger partial charge in [0.05, 0.1) is 16.3 Å². The number of nitrogens with one attached hydrogen (secondary N) is 1. The van der Waals surface area contributed by atoms with Crippen LogP contribution in [0.3, 0.4) is 0 Å². The Kier molecular flexibility index (Phi) is 3.00. The first kappa shape index (κ1) is 11.6. The van der Waals surface area contributed by atoms with Crippen molar-refractivity contribution in [3.8, 4) is 0 Å². The summed E-state index contributed by atoms with van der Waals surface area (Å²) in [6.07, 6.45) is 2.86. The Morgan fingerprint density at radius 3 is 2.75 bits per heavy atom. The molecule has 0 radical (unpaired) electrons. The molecule has 1 aromatic rings. The monoisotopic (exact) mass is 240 g/mol. The van der Waals surface area contributed by atoms with E-state index in [1.807, 2.05) is 19.1 Å². The number of rotatable bonds is 3. The second-order valence-electron chi connectivity index (χ2n) is 4.62. The summed E-state index contributed by atoms with van der Waals surface area (Å²) in [5.41, 5.74) is 7.75. The van der Waals surface area contributed by atoms with Crippen molar-refractivity contribution in [1.82, 2.24) is 0 Å². The third kappa shape index (κ3) is 2.25. The van der Waals surface area contributed by atoms with Gasteiger partial charge in [0.25, 0.3) is 0 Å². The maximum atomic E-state index is 9.97. The summed E-state index contributed by atoms with van der Waals surface area (Å²) in [6.45, 7) is 2.55. The molecule has 0 atom stereocenters. The normalized spacial score (nSPS) is 17.9. The summed E-state index contributed by atoms with van der Waals surface area (Å²) in [6, 6.07) is 3.66. The van der Waals surface area contributed by atoms with Crippen molar-refractivity contribution in [3.05, 3.63) is 22.7 Å². The van der Waals surface area contributed by atoms with E-state index in [4.69, 9.17) is 17.3 Å². The SMILES string of the molecule is Cc1cc(N)c(Cl)cc1NCC1(O)CCC1. The first-order chi connectivity index (χ1) is 7.50. The minimum absolute atomic E-state index is 0.527. The van der Waals surface area contributed by atoms with Crippen molar-refractivity contribution in [2.24, 2.45) is 0 Å². The van der Waals surface area contributed by atoms with Gasteiger partial charge in [-0.2, -0.15) is 0 Å². The van der Waals surface area contributed by atoms with E-state index in [9.17, 15) is 5.11 Å². The van der Waals surface area contributed by atoms with Crippen molar-refractivity contribution >= 4 is 23.0 Å². The summed E-state index contributed by atoms with van der Waals surface area (Å²) < 4.78 is 0. The fourth-order valence-corrected chi connectivity index (χ4v) is 2.08. The lowest BCUT2D eigenvalue weighted by atomic mass is 9.80. The predicted molar refractivity (Wildman–Crippen MR) is 67.9 cm³/mol. The zero-order chi connectivity index (χ0) is 11.8. The zero-order valence-corrected chi connectivity index (χ0v) is 10.1. The van der Waals surface area contributed by atoms with Crippen LogP contribution < -0.4 is 11.1 Å². The average Bonchev–Trinajstić information content (AvgIpc) is 2.19. The third-order valence-electron chi connectivity index (χ3n) is 3.24. The Hall–Kier alpha value is -0.930. The molecule has 0 aliphatic heterocycles. The van der Waals surface area contributed by atoms with E-state index in [0.29, 0.717) is 17.3 Å². The van der Waals surface area contributed by atoms with Crippen LogP contribution in [-0.2, 0) is 0 Å². The molecule has 3 nitrogen and oxygen atoms in total. The van der Waals surface area contributed by atoms with Gasteiger partial charge in [-0.15, -0.1) is 0 Å². The molecular weight excluding hydrogens is 224 g/mol. The second-order valence-corrected chi connectivity index (χ2v) is 5.03. The number of anilines is 2. The molecule has 2 rings (SSSR count). The summed E-state index contributed by atoms with van der Waals surface area (Å²) in [7, 11) is 0. The van der Waals surface area contributed by atoms with E-state index in [1.165, 1.54) is 0 Å². The molecule has 0 spiro atoms. The van der Waals surface area contributed by atoms with Gasteiger partial charge in [0.2, 0.25) is 0 Å². The van der Waals surface area contributed by atoms with Crippen molar-refractivity contribution in [2.75, 3.05) is 17.6 Å². The molecule has 1 aliphatic rings. The molecule has 4 heteroatoms. The highest BCUT2D eigenvalue weighted by Crippen LogP contribution is 2.33. The lowest BCUT2D eigenvalue weighted by Crippen LogP contribution is -2.43. The van der Waals surface area contributed by atoms with Gasteiger partial charge in [0.1, 0.15) is 0 Å². The minimum atomic E-state index is -0.527. The maximum Gasteiger partial charge on any atom is 0.0819 e. The van der Waals surface area contributed by atoms with Gasteiger partial charge in [-0.3, -0.25) is 0 Å². The van der Waals surface area contributed by atoms with Crippen LogP contribution >= 0.6 is 11.6 Å². The molecule has 0 bridgehead atoms. The van der Waals surface area contributed by atoms with E-state index < -0.39 is 5.60 Å². The smallest absolute Gasteiger partial charge is 0.0819 e. The van der Waals surface area contributed by atoms with E-state index in [-0.39, 0.29) is 0 Å². The number of aryl methyl sites for hydroxylation is 1. The third-order valence-corrected chi connectivity index (χ3v) is 3.56. The van der Waals surface area contributed by atoms with Gasteiger partial charge >= 0.3 is 0 Å². The predicted octanol–water partition coefficient (Wildman–Crippen LogP) is 2.56. The van der Waals surface area contributed by atoms with Crippen molar-refractivity contribution in [1.29, 1.82) is 0 Å². The summed E-state index contributed by atoms with van der Waals surface area (Å²) in [5.74, 6) is 0. The standard InChI is InChI=1S/C12H17ClN2O/c1-8-5-10(14)9(13)6-11(8)15-7-12(16)3-2-4-12/h5-6,15-16H,2-4,7,14H2,1H3. The molecule has 0 unspecified atom stereocenters. The van der Waals surface area contributed by atoms with Crippen molar-refractivity contribution < 1.29 is 5.11 Å². The van der Waals surface area contributed by atoms with E-state index in [1.54, 1.807) is 0 Å². The number of nitrogen functional groups attached to an aromatic ring is 1. The number of nitrogens with two attached hydrogens (primary N) is 1. The number of benzene rings is 1. The maximum absolute atomic E-state index is 9.97. The Balaban J connectivity index is 2.06. The first-order valence-electron chi connectivity index (χ1n) is 5.52. The Morgan fingerprint density at radius 1 is 1.50 bits per heavy atom. The average molecular weight is 241 g/mol. The molecule has 0 aromatic heterocycles. The molecule has 0 heterocycles. The summed E-state index contributed by atoms with van der Waals surface area (Å²) in [5, 5.41) is 13.7. The van der Waals surface area contributed by atoms with Crippen LogP contribution in [0.1, 0.15) is 24.8 Å². The van der Waals surface area contributed by atoms with Gasteiger partial charge in [-0.1, -0.05) is 11.6 Å². The van der Waals surface area contributed by atoms with Crippen LogP contribution in [0.25, 0.3) is 0 Å². The molecule has 1 saturated carbocycles. The summed E-state index contributed by atoms with van der Waals surface area (Å²) in [4.78, 5) is 0. The molecular formula is C12H17ClN2O. The van der Waals surface area contributed by atoms with Crippen LogP contribution in [0.5, 0.6) is 0 Å². The number of hydrogen-bond donors (Lipinski definition) is 3. The van der Waals surface area contributed by atoms with Crippen LogP contribution in [0.2, 0.25) is 5.02 Å². The Bertz CT molecular complexity index is 402. The Labute approximate surface area is 101 Å². The zero-order valence-electron chi connectivity index (χ0n) is 9.39. The minimum Gasteiger partial charge on any atom is -0.398 e. The largest absolute Gasteiger partial charge is 0.398 e.